The van der Waals surface area contributed by atoms with Gasteiger partial charge in [0, 0.05) is 23.5 Å². The predicted molar refractivity (Wildman–Crippen MR) is 81.3 cm³/mol. The molecule has 1 aliphatic heterocycles. The standard InChI is InChI=1S/C16H15F3N2O4/c17-16(18,19)25-10-5-4-9-7-12(20-11(9)8-10)14(22)21-6-2-1-3-13(21)15(23)24/h4-5,7-8,13,20H,1-3,6H2,(H,23,24)/t13-/m1/s1. The lowest BCUT2D eigenvalue weighted by Crippen LogP contribution is -2.48. The number of benzene rings is 1. The Balaban J connectivity index is 1.88. The van der Waals surface area contributed by atoms with Crippen molar-refractivity contribution in [2.75, 3.05) is 6.54 Å². The molecule has 1 aromatic carbocycles. The van der Waals surface area contributed by atoms with Crippen molar-refractivity contribution < 1.29 is 32.6 Å². The Hall–Kier alpha value is -2.71. The van der Waals surface area contributed by atoms with Gasteiger partial charge in [-0.15, -0.1) is 13.2 Å². The van der Waals surface area contributed by atoms with E-state index in [1.54, 1.807) is 0 Å². The summed E-state index contributed by atoms with van der Waals surface area (Å²) in [4.78, 5) is 28.0. The Morgan fingerprint density at radius 2 is 2.00 bits per heavy atom. The minimum absolute atomic E-state index is 0.132. The zero-order valence-electron chi connectivity index (χ0n) is 13.0. The van der Waals surface area contributed by atoms with Gasteiger partial charge in [0.05, 0.1) is 0 Å². The molecule has 0 saturated carbocycles. The molecular weight excluding hydrogens is 341 g/mol. The first-order valence-electron chi connectivity index (χ1n) is 7.67. The smallest absolute Gasteiger partial charge is 0.480 e. The van der Waals surface area contributed by atoms with Crippen molar-refractivity contribution in [2.24, 2.45) is 0 Å². The molecule has 2 aromatic rings. The van der Waals surface area contributed by atoms with Crippen molar-refractivity contribution in [3.8, 4) is 5.75 Å². The SMILES string of the molecule is O=C(O)[C@H]1CCCCN1C(=O)c1cc2ccc(OC(F)(F)F)cc2[nH]1. The first-order chi connectivity index (χ1) is 11.7. The third kappa shape index (κ3) is 3.70. The number of rotatable bonds is 3. The maximum Gasteiger partial charge on any atom is 0.573 e. The van der Waals surface area contributed by atoms with E-state index in [0.717, 1.165) is 18.6 Å². The number of carboxylic acids is 1. The van der Waals surface area contributed by atoms with E-state index in [4.69, 9.17) is 0 Å². The van der Waals surface area contributed by atoms with Gasteiger partial charge in [-0.3, -0.25) is 4.79 Å². The maximum absolute atomic E-state index is 12.6. The molecule has 1 amide bonds. The third-order valence-electron chi connectivity index (χ3n) is 4.11. The molecule has 0 bridgehead atoms. The minimum Gasteiger partial charge on any atom is -0.480 e. The van der Waals surface area contributed by atoms with Crippen LogP contribution in [0.4, 0.5) is 13.2 Å². The van der Waals surface area contributed by atoms with Gasteiger partial charge in [0.15, 0.2) is 0 Å². The molecule has 1 aliphatic rings. The molecule has 0 aliphatic carbocycles. The molecule has 25 heavy (non-hydrogen) atoms. The van der Waals surface area contributed by atoms with E-state index in [1.807, 2.05) is 0 Å². The van der Waals surface area contributed by atoms with Crippen molar-refractivity contribution in [1.29, 1.82) is 0 Å². The third-order valence-corrected chi connectivity index (χ3v) is 4.11. The fraction of sp³-hybridized carbons (Fsp3) is 0.375. The normalized spacial score (nSPS) is 18.4. The second-order valence-corrected chi connectivity index (χ2v) is 5.83. The summed E-state index contributed by atoms with van der Waals surface area (Å²) in [5, 5.41) is 9.79. The number of halogens is 3. The van der Waals surface area contributed by atoms with E-state index in [0.29, 0.717) is 30.3 Å². The molecule has 2 N–H and O–H groups in total. The molecule has 134 valence electrons. The fourth-order valence-electron chi connectivity index (χ4n) is 3.00. The van der Waals surface area contributed by atoms with Gasteiger partial charge in [-0.2, -0.15) is 0 Å². The Labute approximate surface area is 140 Å². The van der Waals surface area contributed by atoms with E-state index >= 15 is 0 Å². The van der Waals surface area contributed by atoms with Crippen LogP contribution in [0.25, 0.3) is 10.9 Å². The number of amides is 1. The average molecular weight is 356 g/mol. The van der Waals surface area contributed by atoms with Crippen LogP contribution in [0, 0.1) is 0 Å². The quantitative estimate of drug-likeness (QED) is 0.885. The van der Waals surface area contributed by atoms with Crippen LogP contribution in [-0.2, 0) is 4.79 Å². The number of nitrogens with one attached hydrogen (secondary N) is 1. The van der Waals surface area contributed by atoms with Gasteiger partial charge in [-0.05, 0) is 37.5 Å². The van der Waals surface area contributed by atoms with Crippen molar-refractivity contribution in [2.45, 2.75) is 31.7 Å². The van der Waals surface area contributed by atoms with Crippen LogP contribution in [0.1, 0.15) is 29.8 Å². The maximum atomic E-state index is 12.6. The summed E-state index contributed by atoms with van der Waals surface area (Å²) in [6, 6.07) is 4.29. The number of fused-ring (bicyclic) bond motifs is 1. The zero-order valence-corrected chi connectivity index (χ0v) is 13.0. The van der Waals surface area contributed by atoms with E-state index in [9.17, 15) is 27.9 Å². The van der Waals surface area contributed by atoms with Gasteiger partial charge >= 0.3 is 12.3 Å². The number of hydrogen-bond donors (Lipinski definition) is 2. The van der Waals surface area contributed by atoms with Crippen molar-refractivity contribution in [3.63, 3.8) is 0 Å². The van der Waals surface area contributed by atoms with E-state index in [1.165, 1.54) is 17.0 Å². The summed E-state index contributed by atoms with van der Waals surface area (Å²) in [6.45, 7) is 0.327. The number of aliphatic carboxylic acids is 1. The minimum atomic E-state index is -4.80. The number of carbonyl (C=O) groups excluding carboxylic acids is 1. The highest BCUT2D eigenvalue weighted by Crippen LogP contribution is 2.28. The van der Waals surface area contributed by atoms with Crippen LogP contribution in [0.3, 0.4) is 0 Å². The second kappa shape index (κ2) is 6.30. The zero-order chi connectivity index (χ0) is 18.2. The van der Waals surface area contributed by atoms with E-state index in [2.05, 4.69) is 9.72 Å². The number of nitrogens with zero attached hydrogens (tertiary/aromatic N) is 1. The van der Waals surface area contributed by atoms with Crippen molar-refractivity contribution in [3.05, 3.63) is 30.0 Å². The molecular formula is C16H15F3N2O4. The highest BCUT2D eigenvalue weighted by molar-refractivity contribution is 5.99. The number of carboxylic acid groups (broad SMARTS) is 1. The van der Waals surface area contributed by atoms with Crippen molar-refractivity contribution in [1.82, 2.24) is 9.88 Å². The fourth-order valence-corrected chi connectivity index (χ4v) is 3.00. The van der Waals surface area contributed by atoms with E-state index in [-0.39, 0.29) is 5.69 Å². The number of aromatic nitrogens is 1. The summed E-state index contributed by atoms with van der Waals surface area (Å²) in [5.41, 5.74) is 0.432. The lowest BCUT2D eigenvalue weighted by atomic mass is 10.0. The van der Waals surface area contributed by atoms with Crippen LogP contribution in [0.15, 0.2) is 24.3 Å². The number of aromatic amines is 1. The van der Waals surface area contributed by atoms with Crippen LogP contribution in [-0.4, -0.2) is 45.8 Å². The van der Waals surface area contributed by atoms with Gasteiger partial charge in [0.2, 0.25) is 0 Å². The molecule has 0 spiro atoms. The molecule has 1 aromatic heterocycles. The number of carbonyl (C=O) groups is 2. The molecule has 1 fully saturated rings. The van der Waals surface area contributed by atoms with Crippen molar-refractivity contribution >= 4 is 22.8 Å². The predicted octanol–water partition coefficient (Wildman–Crippen LogP) is 3.15. The Morgan fingerprint density at radius 1 is 1.24 bits per heavy atom. The number of H-pyrrole nitrogens is 1. The Bertz CT molecular complexity index is 815. The molecule has 0 unspecified atom stereocenters. The largest absolute Gasteiger partial charge is 0.573 e. The first kappa shape index (κ1) is 17.1. The Morgan fingerprint density at radius 3 is 2.68 bits per heavy atom. The highest BCUT2D eigenvalue weighted by Gasteiger charge is 2.33. The molecule has 0 radical (unpaired) electrons. The van der Waals surface area contributed by atoms with Crippen LogP contribution in [0.5, 0.6) is 5.75 Å². The van der Waals surface area contributed by atoms with Gasteiger partial charge < -0.3 is 19.7 Å². The highest BCUT2D eigenvalue weighted by atomic mass is 19.4. The lowest BCUT2D eigenvalue weighted by molar-refractivity contribution is -0.274. The van der Waals surface area contributed by atoms with Gasteiger partial charge in [-0.1, -0.05) is 0 Å². The van der Waals surface area contributed by atoms with Crippen LogP contribution in [0.2, 0.25) is 0 Å². The number of ether oxygens (including phenoxy) is 1. The summed E-state index contributed by atoms with van der Waals surface area (Å²) >= 11 is 0. The van der Waals surface area contributed by atoms with Crippen LogP contribution >= 0.6 is 0 Å². The second-order valence-electron chi connectivity index (χ2n) is 5.83. The molecule has 1 atom stereocenters. The molecule has 9 heteroatoms. The molecule has 1 saturated heterocycles. The first-order valence-corrected chi connectivity index (χ1v) is 7.67. The number of hydrogen-bond acceptors (Lipinski definition) is 3. The summed E-state index contributed by atoms with van der Waals surface area (Å²) < 4.78 is 40.7. The van der Waals surface area contributed by atoms with E-state index < -0.39 is 30.0 Å². The lowest BCUT2D eigenvalue weighted by Gasteiger charge is -2.32. The molecule has 6 nitrogen and oxygen atoms in total. The van der Waals surface area contributed by atoms with Gasteiger partial charge in [-0.25, -0.2) is 4.79 Å². The number of piperidine rings is 1. The van der Waals surface area contributed by atoms with Crippen LogP contribution < -0.4 is 4.74 Å². The monoisotopic (exact) mass is 356 g/mol. The Kier molecular flexibility index (Phi) is 4.32. The number of likely N-dealkylation sites (tertiary alicyclic amines) is 1. The summed E-state index contributed by atoms with van der Waals surface area (Å²) in [5.74, 6) is -1.95. The summed E-state index contributed by atoms with van der Waals surface area (Å²) in [7, 11) is 0. The van der Waals surface area contributed by atoms with Gasteiger partial charge in [0.25, 0.3) is 5.91 Å². The summed E-state index contributed by atoms with van der Waals surface area (Å²) in [6.07, 6.45) is -2.99. The number of alkyl halides is 3. The van der Waals surface area contributed by atoms with Gasteiger partial charge in [0.1, 0.15) is 17.5 Å². The molecule has 3 rings (SSSR count). The topological polar surface area (TPSA) is 82.6 Å². The average Bonchev–Trinajstić information content (AvgIpc) is 2.95. The molecule has 2 heterocycles.